The Hall–Kier alpha value is -2.89. The fourth-order valence-electron chi connectivity index (χ4n) is 3.09. The van der Waals surface area contributed by atoms with Crippen LogP contribution in [0.3, 0.4) is 0 Å². The molecule has 4 rings (SSSR count). The molecule has 0 saturated carbocycles. The summed E-state index contributed by atoms with van der Waals surface area (Å²) in [4.78, 5) is 15.7. The molecule has 1 aliphatic heterocycles. The van der Waals surface area contributed by atoms with Crippen LogP contribution < -0.4 is 10.8 Å². The maximum atomic E-state index is 13.1. The van der Waals surface area contributed by atoms with E-state index < -0.39 is 0 Å². The van der Waals surface area contributed by atoms with Crippen molar-refractivity contribution in [3.05, 3.63) is 70.3 Å². The van der Waals surface area contributed by atoms with Crippen molar-refractivity contribution >= 4 is 12.4 Å². The van der Waals surface area contributed by atoms with Gasteiger partial charge in [0.2, 0.25) is 0 Å². The molecule has 0 N–H and O–H groups in total. The van der Waals surface area contributed by atoms with Gasteiger partial charge in [-0.15, -0.1) is 5.10 Å². The molecule has 0 radical (unpaired) electrons. The van der Waals surface area contributed by atoms with Crippen LogP contribution in [0.2, 0.25) is 0 Å². The number of fused-ring (bicyclic) bond motifs is 1. The van der Waals surface area contributed by atoms with E-state index in [1.54, 1.807) is 16.8 Å². The summed E-state index contributed by atoms with van der Waals surface area (Å²) in [5, 5.41) is 9.15. The Morgan fingerprint density at radius 3 is 2.76 bits per heavy atom. The van der Waals surface area contributed by atoms with Crippen molar-refractivity contribution in [2.24, 2.45) is 10.9 Å². The van der Waals surface area contributed by atoms with Crippen molar-refractivity contribution < 1.29 is 9.18 Å². The average Bonchev–Trinajstić information content (AvgIpc) is 3.06. The molecule has 2 unspecified atom stereocenters. The fourth-order valence-corrected chi connectivity index (χ4v) is 3.09. The number of halogens is 1. The lowest BCUT2D eigenvalue weighted by Crippen LogP contribution is -2.36. The number of hydrogen-bond donors (Lipinski definition) is 0. The minimum atomic E-state index is -0.257. The molecule has 0 fully saturated rings. The van der Waals surface area contributed by atoms with Gasteiger partial charge in [0, 0.05) is 5.92 Å². The largest absolute Gasteiger partial charge is 0.303 e. The molecule has 0 saturated heterocycles. The Morgan fingerprint density at radius 2 is 2.04 bits per heavy atom. The van der Waals surface area contributed by atoms with Gasteiger partial charge in [-0.05, 0) is 36.1 Å². The number of allylic oxidation sites excluding steroid dienone is 2. The molecule has 1 aliphatic carbocycles. The maximum absolute atomic E-state index is 13.1. The first kappa shape index (κ1) is 15.6. The normalized spacial score (nSPS) is 21.7. The van der Waals surface area contributed by atoms with Gasteiger partial charge in [0.25, 0.3) is 0 Å². The van der Waals surface area contributed by atoms with Gasteiger partial charge in [-0.2, -0.15) is 0 Å². The second-order valence-corrected chi connectivity index (χ2v) is 6.27. The number of carbonyl (C=O) groups is 1. The Bertz CT molecular complexity index is 972. The summed E-state index contributed by atoms with van der Waals surface area (Å²) >= 11 is 0. The molecule has 5 nitrogen and oxygen atoms in total. The summed E-state index contributed by atoms with van der Waals surface area (Å²) in [7, 11) is 0. The van der Waals surface area contributed by atoms with Crippen molar-refractivity contribution in [2.45, 2.75) is 25.4 Å². The Morgan fingerprint density at radius 1 is 1.20 bits per heavy atom. The minimum absolute atomic E-state index is 0.0156. The smallest absolute Gasteiger partial charge is 0.174 e. The zero-order valence-corrected chi connectivity index (χ0v) is 13.5. The fraction of sp³-hybridized carbons (Fsp3) is 0.263. The van der Waals surface area contributed by atoms with Crippen molar-refractivity contribution in [1.82, 2.24) is 15.0 Å². The highest BCUT2D eigenvalue weighted by Crippen LogP contribution is 2.21. The molecule has 1 aromatic carbocycles. The first-order chi connectivity index (χ1) is 12.2. The van der Waals surface area contributed by atoms with Crippen LogP contribution in [0, 0.1) is 11.7 Å². The quantitative estimate of drug-likeness (QED) is 0.792. The summed E-state index contributed by atoms with van der Waals surface area (Å²) in [6.07, 6.45) is 10.5. The van der Waals surface area contributed by atoms with E-state index in [4.69, 9.17) is 4.99 Å². The summed E-state index contributed by atoms with van der Waals surface area (Å²) in [5.74, 6) is -0.287. The number of carbonyl (C=O) groups excluding carboxylic acids is 1. The Labute approximate surface area is 143 Å². The third kappa shape index (κ3) is 3.20. The van der Waals surface area contributed by atoms with Crippen LogP contribution in [-0.2, 0) is 11.3 Å². The lowest BCUT2D eigenvalue weighted by atomic mass is 9.92. The predicted molar refractivity (Wildman–Crippen MR) is 90.6 cm³/mol. The van der Waals surface area contributed by atoms with E-state index in [-0.39, 0.29) is 17.8 Å². The van der Waals surface area contributed by atoms with Crippen LogP contribution in [0.15, 0.2) is 53.1 Å². The zero-order chi connectivity index (χ0) is 17.2. The van der Waals surface area contributed by atoms with E-state index in [1.165, 1.54) is 12.1 Å². The standard InChI is InChI=1S/C19H17FN4O/c20-16-7-3-13(4-8-16)11-24-19-18(22-23-24)10-9-17(21-19)15-5-1-14(12-25)2-6-15/h1,3-8,10,12,14,17H,2,9,11H2. The molecular weight excluding hydrogens is 319 g/mol. The van der Waals surface area contributed by atoms with Gasteiger partial charge in [0.05, 0.1) is 12.6 Å². The minimum Gasteiger partial charge on any atom is -0.303 e. The highest BCUT2D eigenvalue weighted by molar-refractivity contribution is 5.58. The van der Waals surface area contributed by atoms with Crippen molar-refractivity contribution in [3.8, 4) is 0 Å². The number of benzene rings is 1. The first-order valence-electron chi connectivity index (χ1n) is 8.28. The highest BCUT2D eigenvalue weighted by Gasteiger charge is 2.18. The lowest BCUT2D eigenvalue weighted by molar-refractivity contribution is -0.109. The van der Waals surface area contributed by atoms with E-state index in [2.05, 4.69) is 16.4 Å². The van der Waals surface area contributed by atoms with Crippen LogP contribution in [0.5, 0.6) is 0 Å². The summed E-state index contributed by atoms with van der Waals surface area (Å²) in [6.45, 7) is 0.495. The number of rotatable bonds is 4. The monoisotopic (exact) mass is 336 g/mol. The van der Waals surface area contributed by atoms with Crippen LogP contribution in [0.25, 0.3) is 6.08 Å². The van der Waals surface area contributed by atoms with Crippen LogP contribution in [0.4, 0.5) is 4.39 Å². The van der Waals surface area contributed by atoms with Crippen LogP contribution in [0.1, 0.15) is 18.4 Å². The van der Waals surface area contributed by atoms with Crippen molar-refractivity contribution in [2.75, 3.05) is 0 Å². The van der Waals surface area contributed by atoms with Gasteiger partial charge < -0.3 is 4.79 Å². The second-order valence-electron chi connectivity index (χ2n) is 6.27. The zero-order valence-electron chi connectivity index (χ0n) is 13.5. The molecule has 126 valence electrons. The van der Waals surface area contributed by atoms with Gasteiger partial charge in [-0.25, -0.2) is 9.07 Å². The van der Waals surface area contributed by atoms with Crippen molar-refractivity contribution in [1.29, 1.82) is 0 Å². The van der Waals surface area contributed by atoms with Gasteiger partial charge in [-0.1, -0.05) is 41.7 Å². The summed E-state index contributed by atoms with van der Waals surface area (Å²) in [5.41, 5.74) is 2.80. The van der Waals surface area contributed by atoms with E-state index in [0.717, 1.165) is 41.1 Å². The molecule has 25 heavy (non-hydrogen) atoms. The van der Waals surface area contributed by atoms with E-state index in [0.29, 0.717) is 6.54 Å². The third-order valence-corrected chi connectivity index (χ3v) is 4.51. The number of aldehydes is 1. The number of nitrogens with zero attached hydrogens (tertiary/aromatic N) is 4. The van der Waals surface area contributed by atoms with Crippen LogP contribution >= 0.6 is 0 Å². The number of hydrogen-bond acceptors (Lipinski definition) is 4. The maximum Gasteiger partial charge on any atom is 0.174 e. The van der Waals surface area contributed by atoms with Gasteiger partial charge in [0.1, 0.15) is 17.5 Å². The van der Waals surface area contributed by atoms with Gasteiger partial charge in [-0.3, -0.25) is 4.99 Å². The lowest BCUT2D eigenvalue weighted by Gasteiger charge is -2.18. The summed E-state index contributed by atoms with van der Waals surface area (Å²) in [6, 6.07) is 6.36. The van der Waals surface area contributed by atoms with E-state index >= 15 is 0 Å². The molecular formula is C19H17FN4O. The third-order valence-electron chi connectivity index (χ3n) is 4.51. The van der Waals surface area contributed by atoms with Crippen LogP contribution in [-0.4, -0.2) is 27.3 Å². The molecule has 2 atom stereocenters. The average molecular weight is 336 g/mol. The molecule has 2 aromatic rings. The predicted octanol–water partition coefficient (Wildman–Crippen LogP) is 1.34. The van der Waals surface area contributed by atoms with E-state index in [9.17, 15) is 9.18 Å². The Balaban J connectivity index is 1.62. The molecule has 2 aliphatic rings. The van der Waals surface area contributed by atoms with Gasteiger partial charge in [0.15, 0.2) is 5.49 Å². The molecule has 2 heterocycles. The molecule has 0 spiro atoms. The second kappa shape index (κ2) is 6.55. The SMILES string of the molecule is O=CC1C=CC(C2CC=c3nnn(Cc4ccc(F)cc4)c3=N2)=CC1. The molecule has 0 amide bonds. The van der Waals surface area contributed by atoms with Crippen molar-refractivity contribution in [3.63, 3.8) is 0 Å². The first-order valence-corrected chi connectivity index (χ1v) is 8.28. The summed E-state index contributed by atoms with van der Waals surface area (Å²) < 4.78 is 14.8. The van der Waals surface area contributed by atoms with Gasteiger partial charge >= 0.3 is 0 Å². The topological polar surface area (TPSA) is 60.1 Å². The van der Waals surface area contributed by atoms with E-state index in [1.807, 2.05) is 18.2 Å². The molecule has 6 heteroatoms. The number of aromatic nitrogens is 3. The Kier molecular flexibility index (Phi) is 4.09. The molecule has 0 bridgehead atoms. The molecule has 1 aromatic heterocycles. The highest BCUT2D eigenvalue weighted by atomic mass is 19.1.